The molecule has 1 atom stereocenters. The molecular weight excluding hydrogens is 416 g/mol. The molecule has 1 aromatic carbocycles. The Hall–Kier alpha value is -3.16. The molecule has 2 fully saturated rings. The second-order valence-corrected chi connectivity index (χ2v) is 9.27. The fourth-order valence-electron chi connectivity index (χ4n) is 5.22. The first-order valence-electron chi connectivity index (χ1n) is 12.0. The molecule has 1 aromatic heterocycles. The van der Waals surface area contributed by atoms with E-state index in [-0.39, 0.29) is 17.7 Å². The van der Waals surface area contributed by atoms with Crippen molar-refractivity contribution in [1.29, 1.82) is 0 Å². The van der Waals surface area contributed by atoms with Gasteiger partial charge in [0.05, 0.1) is 12.2 Å². The lowest BCUT2D eigenvalue weighted by Gasteiger charge is -2.29. The maximum Gasteiger partial charge on any atom is 0.253 e. The van der Waals surface area contributed by atoms with Gasteiger partial charge in [0.15, 0.2) is 0 Å². The Kier molecular flexibility index (Phi) is 5.91. The van der Waals surface area contributed by atoms with E-state index >= 15 is 0 Å². The molecule has 174 valence electrons. The monoisotopic (exact) mass is 448 g/mol. The number of nitrogens with one attached hydrogen (secondary N) is 1. The van der Waals surface area contributed by atoms with E-state index in [0.717, 1.165) is 54.4 Å². The van der Waals surface area contributed by atoms with Crippen LogP contribution in [0, 0.1) is 0 Å². The standard InChI is InChI=1S/C25H32N6O2/c1-17(32)30-14-10-22-21(16-30)24(26-2)28-23(27-22)19-9-13-31(15-19)25(33)18-5-7-20(8-6-18)29-11-3-4-12-29/h5-8,19H,3-4,9-16H2,1-2H3,(H,26,27,28)/t19-/m0/s1. The lowest BCUT2D eigenvalue weighted by Crippen LogP contribution is -2.35. The molecule has 3 aliphatic rings. The number of carbonyl (C=O) groups excluding carboxylic acids is 2. The van der Waals surface area contributed by atoms with Crippen molar-refractivity contribution in [3.63, 3.8) is 0 Å². The number of amides is 2. The maximum atomic E-state index is 13.1. The van der Waals surface area contributed by atoms with Crippen LogP contribution in [0.2, 0.25) is 0 Å². The predicted octanol–water partition coefficient (Wildman–Crippen LogP) is 2.65. The van der Waals surface area contributed by atoms with Crippen molar-refractivity contribution in [1.82, 2.24) is 19.8 Å². The zero-order valence-electron chi connectivity index (χ0n) is 19.5. The van der Waals surface area contributed by atoms with Crippen LogP contribution in [-0.2, 0) is 17.8 Å². The fourth-order valence-corrected chi connectivity index (χ4v) is 5.22. The molecule has 0 radical (unpaired) electrons. The van der Waals surface area contributed by atoms with Gasteiger partial charge < -0.3 is 20.0 Å². The van der Waals surface area contributed by atoms with Gasteiger partial charge in [-0.2, -0.15) is 0 Å². The Morgan fingerprint density at radius 3 is 2.45 bits per heavy atom. The van der Waals surface area contributed by atoms with Gasteiger partial charge in [-0.25, -0.2) is 9.97 Å². The van der Waals surface area contributed by atoms with Gasteiger partial charge in [-0.3, -0.25) is 9.59 Å². The third-order valence-electron chi connectivity index (χ3n) is 7.19. The number of aromatic nitrogens is 2. The van der Waals surface area contributed by atoms with Crippen molar-refractivity contribution in [2.24, 2.45) is 0 Å². The molecule has 2 saturated heterocycles. The molecule has 2 aromatic rings. The van der Waals surface area contributed by atoms with Crippen molar-refractivity contribution in [3.8, 4) is 0 Å². The van der Waals surface area contributed by atoms with E-state index in [0.29, 0.717) is 26.2 Å². The maximum absolute atomic E-state index is 13.1. The molecular formula is C25H32N6O2. The number of likely N-dealkylation sites (tertiary alicyclic amines) is 1. The zero-order valence-corrected chi connectivity index (χ0v) is 19.5. The minimum absolute atomic E-state index is 0.0742. The van der Waals surface area contributed by atoms with Crippen LogP contribution < -0.4 is 10.2 Å². The summed E-state index contributed by atoms with van der Waals surface area (Å²) >= 11 is 0. The van der Waals surface area contributed by atoms with E-state index in [2.05, 4.69) is 22.3 Å². The average molecular weight is 449 g/mol. The minimum atomic E-state index is 0.0742. The van der Waals surface area contributed by atoms with Gasteiger partial charge in [0.2, 0.25) is 5.91 Å². The van der Waals surface area contributed by atoms with Crippen molar-refractivity contribution in [2.75, 3.05) is 50.0 Å². The van der Waals surface area contributed by atoms with Crippen LogP contribution in [0.3, 0.4) is 0 Å². The fraction of sp³-hybridized carbons (Fsp3) is 0.520. The number of fused-ring (bicyclic) bond motifs is 1. The van der Waals surface area contributed by atoms with Crippen LogP contribution in [0.1, 0.15) is 59.5 Å². The number of nitrogens with zero attached hydrogens (tertiary/aromatic N) is 5. The molecule has 8 nitrogen and oxygen atoms in total. The van der Waals surface area contributed by atoms with Gasteiger partial charge in [0.25, 0.3) is 5.91 Å². The molecule has 3 aliphatic heterocycles. The molecule has 1 N–H and O–H groups in total. The van der Waals surface area contributed by atoms with Gasteiger partial charge in [-0.15, -0.1) is 0 Å². The zero-order chi connectivity index (χ0) is 22.9. The Bertz CT molecular complexity index is 1030. The normalized spacial score (nSPS) is 20.2. The summed E-state index contributed by atoms with van der Waals surface area (Å²) in [6.45, 7) is 6.38. The molecule has 0 bridgehead atoms. The molecule has 5 rings (SSSR count). The van der Waals surface area contributed by atoms with Crippen LogP contribution in [0.5, 0.6) is 0 Å². The second kappa shape index (κ2) is 9.00. The summed E-state index contributed by atoms with van der Waals surface area (Å²) in [4.78, 5) is 40.8. The number of carbonyl (C=O) groups is 2. The second-order valence-electron chi connectivity index (χ2n) is 9.27. The number of anilines is 2. The van der Waals surface area contributed by atoms with Gasteiger partial charge in [-0.05, 0) is 43.5 Å². The lowest BCUT2D eigenvalue weighted by atomic mass is 10.0. The number of rotatable bonds is 4. The van der Waals surface area contributed by atoms with E-state index in [1.807, 2.05) is 29.0 Å². The van der Waals surface area contributed by atoms with Crippen LogP contribution in [-0.4, -0.2) is 71.4 Å². The highest BCUT2D eigenvalue weighted by Gasteiger charge is 2.32. The smallest absolute Gasteiger partial charge is 0.253 e. The molecule has 0 aliphatic carbocycles. The van der Waals surface area contributed by atoms with Gasteiger partial charge in [-0.1, -0.05) is 0 Å². The molecule has 2 amide bonds. The predicted molar refractivity (Wildman–Crippen MR) is 128 cm³/mol. The van der Waals surface area contributed by atoms with Crippen LogP contribution in [0.15, 0.2) is 24.3 Å². The Morgan fingerprint density at radius 1 is 1.00 bits per heavy atom. The summed E-state index contributed by atoms with van der Waals surface area (Å²) in [6, 6.07) is 8.06. The van der Waals surface area contributed by atoms with E-state index in [1.54, 1.807) is 6.92 Å². The molecule has 0 spiro atoms. The highest BCUT2D eigenvalue weighted by Crippen LogP contribution is 2.31. The molecule has 8 heteroatoms. The van der Waals surface area contributed by atoms with Crippen molar-refractivity contribution in [3.05, 3.63) is 46.9 Å². The minimum Gasteiger partial charge on any atom is -0.373 e. The highest BCUT2D eigenvalue weighted by molar-refractivity contribution is 5.94. The summed E-state index contributed by atoms with van der Waals surface area (Å²) < 4.78 is 0. The Balaban J connectivity index is 1.29. The number of hydrogen-bond acceptors (Lipinski definition) is 6. The molecule has 4 heterocycles. The van der Waals surface area contributed by atoms with E-state index < -0.39 is 0 Å². The van der Waals surface area contributed by atoms with Gasteiger partial charge in [0.1, 0.15) is 11.6 Å². The van der Waals surface area contributed by atoms with Crippen molar-refractivity contribution >= 4 is 23.3 Å². The topological polar surface area (TPSA) is 81.7 Å². The average Bonchev–Trinajstić information content (AvgIpc) is 3.55. The number of hydrogen-bond donors (Lipinski definition) is 1. The Labute approximate surface area is 195 Å². The third-order valence-corrected chi connectivity index (χ3v) is 7.19. The van der Waals surface area contributed by atoms with E-state index in [1.165, 1.54) is 18.5 Å². The first-order chi connectivity index (χ1) is 16.0. The van der Waals surface area contributed by atoms with Crippen LogP contribution in [0.25, 0.3) is 0 Å². The first kappa shape index (κ1) is 21.7. The summed E-state index contributed by atoms with van der Waals surface area (Å²) in [5, 5.41) is 3.19. The van der Waals surface area contributed by atoms with E-state index in [4.69, 9.17) is 9.97 Å². The summed E-state index contributed by atoms with van der Waals surface area (Å²) in [5.41, 5.74) is 3.97. The largest absolute Gasteiger partial charge is 0.373 e. The van der Waals surface area contributed by atoms with Crippen LogP contribution >= 0.6 is 0 Å². The third kappa shape index (κ3) is 4.26. The number of benzene rings is 1. The van der Waals surface area contributed by atoms with Crippen LogP contribution in [0.4, 0.5) is 11.5 Å². The molecule has 0 saturated carbocycles. The first-order valence-corrected chi connectivity index (χ1v) is 12.0. The molecule has 33 heavy (non-hydrogen) atoms. The Morgan fingerprint density at radius 2 is 1.76 bits per heavy atom. The van der Waals surface area contributed by atoms with Gasteiger partial charge >= 0.3 is 0 Å². The lowest BCUT2D eigenvalue weighted by molar-refractivity contribution is -0.129. The van der Waals surface area contributed by atoms with E-state index in [9.17, 15) is 9.59 Å². The van der Waals surface area contributed by atoms with Crippen molar-refractivity contribution < 1.29 is 9.59 Å². The summed E-state index contributed by atoms with van der Waals surface area (Å²) in [5.74, 6) is 1.87. The quantitative estimate of drug-likeness (QED) is 0.775. The summed E-state index contributed by atoms with van der Waals surface area (Å²) in [6.07, 6.45) is 4.08. The van der Waals surface area contributed by atoms with Crippen molar-refractivity contribution in [2.45, 2.75) is 45.1 Å². The highest BCUT2D eigenvalue weighted by atomic mass is 16.2. The molecule has 0 unspecified atom stereocenters. The SMILES string of the molecule is CNc1nc([C@H]2CCN(C(=O)c3ccc(N4CCCC4)cc3)C2)nc2c1CN(C(C)=O)CC2. The van der Waals surface area contributed by atoms with Gasteiger partial charge in [0, 0.05) is 75.8 Å². The summed E-state index contributed by atoms with van der Waals surface area (Å²) in [7, 11) is 1.86.